The molecule has 0 bridgehead atoms. The van der Waals surface area contributed by atoms with Crippen molar-refractivity contribution in [1.29, 1.82) is 0 Å². The van der Waals surface area contributed by atoms with Crippen LogP contribution in [0.2, 0.25) is 0 Å². The molecule has 2 aromatic rings. The predicted octanol–water partition coefficient (Wildman–Crippen LogP) is 3.08. The summed E-state index contributed by atoms with van der Waals surface area (Å²) < 4.78 is 0. The van der Waals surface area contributed by atoms with Crippen LogP contribution in [0.1, 0.15) is 45.3 Å². The number of rotatable bonds is 4. The molecule has 1 aliphatic heterocycles. The maximum absolute atomic E-state index is 12.8. The Morgan fingerprint density at radius 2 is 2.12 bits per heavy atom. The lowest BCUT2D eigenvalue weighted by atomic mass is 9.95. The van der Waals surface area contributed by atoms with E-state index < -0.39 is 0 Å². The van der Waals surface area contributed by atoms with Gasteiger partial charge >= 0.3 is 0 Å². The molecule has 0 saturated carbocycles. The van der Waals surface area contributed by atoms with Crippen LogP contribution in [0, 0.1) is 19.8 Å². The Hall–Kier alpha value is -2.02. The molecule has 1 aliphatic rings. The highest BCUT2D eigenvalue weighted by Crippen LogP contribution is 2.25. The van der Waals surface area contributed by atoms with Gasteiger partial charge in [-0.1, -0.05) is 0 Å². The summed E-state index contributed by atoms with van der Waals surface area (Å²) in [5.41, 5.74) is 1.88. The largest absolute Gasteiger partial charge is 0.372 e. The van der Waals surface area contributed by atoms with Gasteiger partial charge in [-0.3, -0.25) is 9.78 Å². The Bertz CT molecular complexity index is 728. The van der Waals surface area contributed by atoms with Gasteiger partial charge in [0.15, 0.2) is 0 Å². The maximum atomic E-state index is 12.8. The third-order valence-electron chi connectivity index (χ3n) is 4.69. The number of carbonyl (C=O) groups excluding carboxylic acids is 1. The molecule has 1 unspecified atom stereocenters. The van der Waals surface area contributed by atoms with Crippen LogP contribution in [-0.4, -0.2) is 45.9 Å². The van der Waals surface area contributed by atoms with Gasteiger partial charge in [0.2, 0.25) is 0 Å². The van der Waals surface area contributed by atoms with Gasteiger partial charge in [0.25, 0.3) is 5.91 Å². The second-order valence-corrected chi connectivity index (χ2v) is 7.79. The number of carbonyl (C=O) groups is 1. The average Bonchev–Trinajstić information content (AvgIpc) is 2.81. The Morgan fingerprint density at radius 3 is 2.76 bits per heavy atom. The molecule has 3 rings (SSSR count). The number of likely N-dealkylation sites (tertiary alicyclic amines) is 1. The lowest BCUT2D eigenvalue weighted by Crippen LogP contribution is -2.32. The van der Waals surface area contributed by atoms with E-state index in [0.717, 1.165) is 65.9 Å². The summed E-state index contributed by atoms with van der Waals surface area (Å²) >= 11 is 1.50. The third-order valence-corrected chi connectivity index (χ3v) is 5.75. The van der Waals surface area contributed by atoms with E-state index in [-0.39, 0.29) is 5.91 Å². The second kappa shape index (κ2) is 7.91. The summed E-state index contributed by atoms with van der Waals surface area (Å²) in [6, 6.07) is 0. The molecule has 2 aromatic heterocycles. The van der Waals surface area contributed by atoms with E-state index in [4.69, 9.17) is 0 Å². The summed E-state index contributed by atoms with van der Waals surface area (Å²) in [6.07, 6.45) is 7.73. The van der Waals surface area contributed by atoms with Gasteiger partial charge in [0.1, 0.15) is 10.7 Å². The summed E-state index contributed by atoms with van der Waals surface area (Å²) in [5.74, 6) is 1.48. The van der Waals surface area contributed by atoms with Crippen molar-refractivity contribution in [3.63, 3.8) is 0 Å². The molecule has 1 amide bonds. The van der Waals surface area contributed by atoms with Crippen molar-refractivity contribution in [3.05, 3.63) is 33.7 Å². The molecule has 0 radical (unpaired) electrons. The van der Waals surface area contributed by atoms with Gasteiger partial charge in [-0.05, 0) is 45.4 Å². The highest BCUT2D eigenvalue weighted by Gasteiger charge is 2.24. The minimum absolute atomic E-state index is 0.141. The fraction of sp³-hybridized carbons (Fsp3) is 0.556. The fourth-order valence-corrected chi connectivity index (χ4v) is 4.22. The first-order valence-electron chi connectivity index (χ1n) is 8.78. The number of anilines is 1. The van der Waals surface area contributed by atoms with Gasteiger partial charge < -0.3 is 10.2 Å². The molecule has 7 heteroatoms. The average molecular weight is 359 g/mol. The second-order valence-electron chi connectivity index (χ2n) is 6.58. The molecule has 1 atom stereocenters. The lowest BCUT2D eigenvalue weighted by molar-refractivity contribution is 0.0764. The van der Waals surface area contributed by atoms with Crippen LogP contribution in [0.4, 0.5) is 5.82 Å². The molecule has 3 heterocycles. The van der Waals surface area contributed by atoms with Crippen molar-refractivity contribution < 1.29 is 4.79 Å². The zero-order valence-corrected chi connectivity index (χ0v) is 15.9. The summed E-state index contributed by atoms with van der Waals surface area (Å²) in [5, 5.41) is 3.94. The van der Waals surface area contributed by atoms with Crippen LogP contribution in [0.3, 0.4) is 0 Å². The van der Waals surface area contributed by atoms with Gasteiger partial charge in [0, 0.05) is 20.1 Å². The smallest absolute Gasteiger partial charge is 0.265 e. The van der Waals surface area contributed by atoms with Crippen LogP contribution in [0.25, 0.3) is 0 Å². The Morgan fingerprint density at radius 1 is 1.28 bits per heavy atom. The molecule has 6 nitrogen and oxygen atoms in total. The minimum atomic E-state index is 0.141. The summed E-state index contributed by atoms with van der Waals surface area (Å²) in [7, 11) is 1.84. The van der Waals surface area contributed by atoms with Crippen LogP contribution in [0.5, 0.6) is 0 Å². The fourth-order valence-electron chi connectivity index (χ4n) is 3.33. The van der Waals surface area contributed by atoms with Crippen molar-refractivity contribution in [1.82, 2.24) is 19.9 Å². The van der Waals surface area contributed by atoms with E-state index in [1.807, 2.05) is 32.0 Å². The van der Waals surface area contributed by atoms with E-state index >= 15 is 0 Å². The Kier molecular flexibility index (Phi) is 5.63. The van der Waals surface area contributed by atoms with Crippen molar-refractivity contribution >= 4 is 23.1 Å². The van der Waals surface area contributed by atoms with E-state index in [2.05, 4.69) is 20.3 Å². The van der Waals surface area contributed by atoms with Crippen molar-refractivity contribution in [3.8, 4) is 0 Å². The number of nitrogens with zero attached hydrogens (tertiary/aromatic N) is 4. The van der Waals surface area contributed by atoms with Gasteiger partial charge in [-0.2, -0.15) is 0 Å². The number of hydrogen-bond donors (Lipinski definition) is 1. The number of thiazole rings is 1. The summed E-state index contributed by atoms with van der Waals surface area (Å²) in [4.78, 5) is 28.8. The first-order valence-corrected chi connectivity index (χ1v) is 9.60. The number of amides is 1. The number of aryl methyl sites for hydroxylation is 2. The highest BCUT2D eigenvalue weighted by atomic mass is 32.1. The quantitative estimate of drug-likeness (QED) is 0.908. The third kappa shape index (κ3) is 4.34. The first kappa shape index (κ1) is 17.8. The van der Waals surface area contributed by atoms with Gasteiger partial charge in [-0.15, -0.1) is 11.3 Å². The monoisotopic (exact) mass is 359 g/mol. The summed E-state index contributed by atoms with van der Waals surface area (Å²) in [6.45, 7) is 5.51. The van der Waals surface area contributed by atoms with Crippen LogP contribution >= 0.6 is 11.3 Å². The molecule has 25 heavy (non-hydrogen) atoms. The molecular formula is C18H25N5OS. The minimum Gasteiger partial charge on any atom is -0.372 e. The van der Waals surface area contributed by atoms with Crippen LogP contribution in [0.15, 0.2) is 12.4 Å². The molecular weight excluding hydrogens is 334 g/mol. The van der Waals surface area contributed by atoms with Crippen LogP contribution < -0.4 is 5.32 Å². The highest BCUT2D eigenvalue weighted by molar-refractivity contribution is 7.13. The topological polar surface area (TPSA) is 71.0 Å². The van der Waals surface area contributed by atoms with Gasteiger partial charge in [-0.25, -0.2) is 9.97 Å². The zero-order valence-electron chi connectivity index (χ0n) is 15.1. The van der Waals surface area contributed by atoms with Crippen molar-refractivity contribution in [2.24, 2.45) is 5.92 Å². The van der Waals surface area contributed by atoms with E-state index in [1.54, 1.807) is 6.20 Å². The molecule has 1 fully saturated rings. The predicted molar refractivity (Wildman–Crippen MR) is 100 cm³/mol. The molecule has 1 saturated heterocycles. The number of aromatic nitrogens is 3. The molecule has 1 N–H and O–H groups in total. The molecule has 0 aromatic carbocycles. The number of nitrogens with one attached hydrogen (secondary N) is 1. The van der Waals surface area contributed by atoms with Crippen molar-refractivity contribution in [2.75, 3.05) is 25.5 Å². The molecule has 134 valence electrons. The van der Waals surface area contributed by atoms with Crippen molar-refractivity contribution in [2.45, 2.75) is 39.5 Å². The normalized spacial score (nSPS) is 18.0. The lowest BCUT2D eigenvalue weighted by Gasteiger charge is -2.20. The standard InChI is InChI=1S/C18H25N5OS/c1-12-17(25-13(2)22-12)18(24)23-7-4-5-14(6-8-23)9-15-10-21-16(19-3)11-20-15/h10-11,14H,4-9H2,1-3H3,(H,19,21). The molecule has 0 spiro atoms. The first-order chi connectivity index (χ1) is 12.1. The van der Waals surface area contributed by atoms with Crippen LogP contribution in [-0.2, 0) is 6.42 Å². The SMILES string of the molecule is CNc1cnc(CC2CCCN(C(=O)c3sc(C)nc3C)CC2)cn1. The Balaban J connectivity index is 1.60. The maximum Gasteiger partial charge on any atom is 0.265 e. The molecule has 0 aliphatic carbocycles. The van der Waals surface area contributed by atoms with Gasteiger partial charge in [0.05, 0.1) is 28.8 Å². The van der Waals surface area contributed by atoms with E-state index in [0.29, 0.717) is 5.92 Å². The van der Waals surface area contributed by atoms with E-state index in [9.17, 15) is 4.79 Å². The van der Waals surface area contributed by atoms with E-state index in [1.165, 1.54) is 11.3 Å². The zero-order chi connectivity index (χ0) is 17.8. The Labute approximate surface area is 152 Å². The number of hydrogen-bond acceptors (Lipinski definition) is 6.